The SMILES string of the molecule is c1ccc(-c2nc(-c3cnccn3)no2)c(OC2CCN(Cc3nccs3)C2)c1. The van der Waals surface area contributed by atoms with Gasteiger partial charge in [0.15, 0.2) is 0 Å². The van der Waals surface area contributed by atoms with E-state index in [2.05, 4.69) is 30.0 Å². The minimum Gasteiger partial charge on any atom is -0.488 e. The maximum absolute atomic E-state index is 6.31. The molecule has 29 heavy (non-hydrogen) atoms. The van der Waals surface area contributed by atoms with E-state index >= 15 is 0 Å². The van der Waals surface area contributed by atoms with Gasteiger partial charge in [-0.15, -0.1) is 11.3 Å². The van der Waals surface area contributed by atoms with E-state index in [1.807, 2.05) is 35.8 Å². The largest absolute Gasteiger partial charge is 0.488 e. The summed E-state index contributed by atoms with van der Waals surface area (Å²) in [7, 11) is 0. The minimum atomic E-state index is 0.110. The van der Waals surface area contributed by atoms with Crippen molar-refractivity contribution >= 4 is 11.3 Å². The fraction of sp³-hybridized carbons (Fsp3) is 0.250. The molecule has 5 rings (SSSR count). The van der Waals surface area contributed by atoms with Gasteiger partial charge in [-0.05, 0) is 18.6 Å². The summed E-state index contributed by atoms with van der Waals surface area (Å²) in [4.78, 5) is 19.5. The monoisotopic (exact) mass is 406 g/mol. The number of para-hydroxylation sites is 1. The van der Waals surface area contributed by atoms with E-state index in [0.29, 0.717) is 17.4 Å². The molecule has 1 fully saturated rings. The van der Waals surface area contributed by atoms with Gasteiger partial charge in [-0.2, -0.15) is 4.98 Å². The summed E-state index contributed by atoms with van der Waals surface area (Å²) in [6.07, 6.45) is 7.73. The maximum atomic E-state index is 6.31. The summed E-state index contributed by atoms with van der Waals surface area (Å²) in [6.45, 7) is 2.72. The van der Waals surface area contributed by atoms with Gasteiger partial charge in [-0.1, -0.05) is 17.3 Å². The van der Waals surface area contributed by atoms with Gasteiger partial charge in [-0.25, -0.2) is 9.97 Å². The highest BCUT2D eigenvalue weighted by Gasteiger charge is 2.26. The zero-order valence-corrected chi connectivity index (χ0v) is 16.3. The Hall–Kier alpha value is -3.17. The lowest BCUT2D eigenvalue weighted by Crippen LogP contribution is -2.24. The second-order valence-electron chi connectivity index (χ2n) is 6.70. The van der Waals surface area contributed by atoms with Gasteiger partial charge in [-0.3, -0.25) is 9.88 Å². The van der Waals surface area contributed by atoms with Crippen LogP contribution in [0.15, 0.2) is 59.0 Å². The predicted molar refractivity (Wildman–Crippen MR) is 107 cm³/mol. The summed E-state index contributed by atoms with van der Waals surface area (Å²) in [6, 6.07) is 7.73. The average Bonchev–Trinajstić information content (AvgIpc) is 3.52. The Morgan fingerprint density at radius 2 is 2.14 bits per heavy atom. The quantitative estimate of drug-likeness (QED) is 0.482. The molecule has 8 nitrogen and oxygen atoms in total. The first-order valence-corrected chi connectivity index (χ1v) is 10.2. The smallest absolute Gasteiger partial charge is 0.262 e. The molecular weight excluding hydrogens is 388 g/mol. The lowest BCUT2D eigenvalue weighted by molar-refractivity contribution is 0.198. The van der Waals surface area contributed by atoms with Crippen LogP contribution in [0.5, 0.6) is 5.75 Å². The summed E-state index contributed by atoms with van der Waals surface area (Å²) in [5.74, 6) is 1.54. The van der Waals surface area contributed by atoms with E-state index in [1.54, 1.807) is 29.9 Å². The first-order valence-electron chi connectivity index (χ1n) is 9.32. The Morgan fingerprint density at radius 3 is 3.00 bits per heavy atom. The highest BCUT2D eigenvalue weighted by atomic mass is 32.1. The van der Waals surface area contributed by atoms with E-state index in [1.165, 1.54) is 0 Å². The number of benzene rings is 1. The van der Waals surface area contributed by atoms with Crippen molar-refractivity contribution in [3.05, 3.63) is 59.4 Å². The van der Waals surface area contributed by atoms with E-state index in [-0.39, 0.29) is 6.10 Å². The number of hydrogen-bond donors (Lipinski definition) is 0. The Balaban J connectivity index is 1.31. The fourth-order valence-electron chi connectivity index (χ4n) is 3.34. The molecule has 0 bridgehead atoms. The predicted octanol–water partition coefficient (Wildman–Crippen LogP) is 3.30. The van der Waals surface area contributed by atoms with Crippen molar-refractivity contribution in [2.45, 2.75) is 19.1 Å². The first kappa shape index (κ1) is 17.9. The fourth-order valence-corrected chi connectivity index (χ4v) is 3.99. The molecule has 1 aliphatic heterocycles. The Morgan fingerprint density at radius 1 is 1.17 bits per heavy atom. The number of likely N-dealkylation sites (tertiary alicyclic amines) is 1. The van der Waals surface area contributed by atoms with Crippen molar-refractivity contribution in [3.8, 4) is 28.7 Å². The summed E-state index contributed by atoms with van der Waals surface area (Å²) in [5.41, 5.74) is 1.34. The molecule has 4 heterocycles. The normalized spacial score (nSPS) is 16.9. The molecule has 1 aromatic carbocycles. The minimum absolute atomic E-state index is 0.110. The molecule has 0 radical (unpaired) electrons. The highest BCUT2D eigenvalue weighted by molar-refractivity contribution is 7.09. The second-order valence-corrected chi connectivity index (χ2v) is 7.68. The van der Waals surface area contributed by atoms with Gasteiger partial charge in [0.05, 0.1) is 18.3 Å². The maximum Gasteiger partial charge on any atom is 0.262 e. The standard InChI is InChI=1S/C20H18N6O2S/c1-2-4-17(27-14-5-9-26(12-14)13-18-23-8-10-29-18)15(3-1)20-24-19(25-28-20)16-11-21-6-7-22-16/h1-4,6-8,10-11,14H,5,9,12-13H2. The molecule has 3 aromatic heterocycles. The second kappa shape index (κ2) is 8.06. The Kier molecular flexibility index (Phi) is 4.97. The van der Waals surface area contributed by atoms with Gasteiger partial charge in [0.1, 0.15) is 22.6 Å². The van der Waals surface area contributed by atoms with Crippen molar-refractivity contribution in [2.75, 3.05) is 13.1 Å². The van der Waals surface area contributed by atoms with Crippen LogP contribution in [0.3, 0.4) is 0 Å². The molecule has 4 aromatic rings. The molecule has 0 saturated carbocycles. The number of thiazole rings is 1. The van der Waals surface area contributed by atoms with Gasteiger partial charge >= 0.3 is 0 Å². The van der Waals surface area contributed by atoms with Gasteiger partial charge < -0.3 is 9.26 Å². The van der Waals surface area contributed by atoms with Crippen molar-refractivity contribution in [2.24, 2.45) is 0 Å². The molecule has 146 valence electrons. The molecule has 1 unspecified atom stereocenters. The first-order chi connectivity index (χ1) is 14.3. The van der Waals surface area contributed by atoms with Crippen LogP contribution in [-0.2, 0) is 6.54 Å². The third-order valence-electron chi connectivity index (χ3n) is 4.70. The number of rotatable bonds is 6. The van der Waals surface area contributed by atoms with Crippen LogP contribution in [0.2, 0.25) is 0 Å². The zero-order valence-electron chi connectivity index (χ0n) is 15.5. The molecule has 0 N–H and O–H groups in total. The van der Waals surface area contributed by atoms with Gasteiger partial charge in [0, 0.05) is 37.1 Å². The number of ether oxygens (including phenoxy) is 1. The Bertz CT molecular complexity index is 1070. The Labute approximate surface area is 171 Å². The third kappa shape index (κ3) is 4.01. The van der Waals surface area contributed by atoms with Gasteiger partial charge in [0.2, 0.25) is 5.82 Å². The summed E-state index contributed by atoms with van der Waals surface area (Å²) >= 11 is 1.68. The van der Waals surface area contributed by atoms with Crippen LogP contribution in [-0.4, -0.2) is 49.2 Å². The topological polar surface area (TPSA) is 90.1 Å². The molecule has 1 aliphatic rings. The van der Waals surface area contributed by atoms with Crippen LogP contribution < -0.4 is 4.74 Å². The van der Waals surface area contributed by atoms with E-state index in [4.69, 9.17) is 9.26 Å². The highest BCUT2D eigenvalue weighted by Crippen LogP contribution is 2.31. The number of hydrogen-bond acceptors (Lipinski definition) is 9. The summed E-state index contributed by atoms with van der Waals surface area (Å²) in [5, 5.41) is 7.17. The molecular formula is C20H18N6O2S. The molecule has 0 spiro atoms. The molecule has 1 atom stereocenters. The lowest BCUT2D eigenvalue weighted by Gasteiger charge is -2.17. The average molecular weight is 406 g/mol. The lowest BCUT2D eigenvalue weighted by atomic mass is 10.2. The molecule has 0 aliphatic carbocycles. The van der Waals surface area contributed by atoms with Crippen molar-refractivity contribution in [3.63, 3.8) is 0 Å². The van der Waals surface area contributed by atoms with Gasteiger partial charge in [0.25, 0.3) is 5.89 Å². The number of aromatic nitrogens is 5. The van der Waals surface area contributed by atoms with Crippen molar-refractivity contribution in [1.29, 1.82) is 0 Å². The van der Waals surface area contributed by atoms with Crippen LogP contribution in [0.4, 0.5) is 0 Å². The van der Waals surface area contributed by atoms with E-state index in [9.17, 15) is 0 Å². The molecule has 0 amide bonds. The molecule has 1 saturated heterocycles. The van der Waals surface area contributed by atoms with Crippen molar-refractivity contribution in [1.82, 2.24) is 30.0 Å². The van der Waals surface area contributed by atoms with Crippen LogP contribution >= 0.6 is 11.3 Å². The van der Waals surface area contributed by atoms with E-state index in [0.717, 1.165) is 42.4 Å². The summed E-state index contributed by atoms with van der Waals surface area (Å²) < 4.78 is 11.8. The van der Waals surface area contributed by atoms with Crippen LogP contribution in [0.25, 0.3) is 23.0 Å². The third-order valence-corrected chi connectivity index (χ3v) is 5.47. The van der Waals surface area contributed by atoms with Crippen LogP contribution in [0.1, 0.15) is 11.4 Å². The van der Waals surface area contributed by atoms with Crippen LogP contribution in [0, 0.1) is 0 Å². The van der Waals surface area contributed by atoms with E-state index < -0.39 is 0 Å². The zero-order chi connectivity index (χ0) is 19.5. The molecule has 9 heteroatoms. The van der Waals surface area contributed by atoms with Crippen molar-refractivity contribution < 1.29 is 9.26 Å². The number of nitrogens with zero attached hydrogens (tertiary/aromatic N) is 6.